The summed E-state index contributed by atoms with van der Waals surface area (Å²) in [5.41, 5.74) is 5.48. The zero-order valence-electron chi connectivity index (χ0n) is 23.8. The van der Waals surface area contributed by atoms with Crippen LogP contribution in [0.15, 0.2) is 91.1 Å². The molecule has 5 aromatic rings. The number of fused-ring (bicyclic) bond motifs is 1. The predicted octanol–water partition coefficient (Wildman–Crippen LogP) is 4.22. The Hall–Kier alpha value is -4.17. The van der Waals surface area contributed by atoms with Crippen molar-refractivity contribution in [2.24, 2.45) is 0 Å². The Morgan fingerprint density at radius 1 is 0.905 bits per heavy atom. The van der Waals surface area contributed by atoms with Crippen LogP contribution in [-0.4, -0.2) is 48.7 Å². The summed E-state index contributed by atoms with van der Waals surface area (Å²) in [5.74, 6) is 1.76. The predicted molar refractivity (Wildman–Crippen MR) is 170 cm³/mol. The van der Waals surface area contributed by atoms with Gasteiger partial charge in [-0.15, -0.1) is 0 Å². The third-order valence-electron chi connectivity index (χ3n) is 7.15. The first-order valence-electron chi connectivity index (χ1n) is 14.2. The summed E-state index contributed by atoms with van der Waals surface area (Å²) in [6.07, 6.45) is 1.89. The molecule has 6 rings (SSSR count). The van der Waals surface area contributed by atoms with E-state index in [2.05, 4.69) is 67.6 Å². The van der Waals surface area contributed by atoms with Gasteiger partial charge in [0.05, 0.1) is 6.20 Å². The Balaban J connectivity index is 1.16. The van der Waals surface area contributed by atoms with Gasteiger partial charge in [-0.2, -0.15) is 9.61 Å². The van der Waals surface area contributed by atoms with Crippen LogP contribution in [0.4, 0.5) is 17.3 Å². The summed E-state index contributed by atoms with van der Waals surface area (Å²) in [6.45, 7) is 7.52. The van der Waals surface area contributed by atoms with Gasteiger partial charge in [0.15, 0.2) is 5.65 Å². The van der Waals surface area contributed by atoms with E-state index in [1.54, 1.807) is 0 Å². The molecule has 1 aliphatic rings. The standard InChI is InChI=1S/C32H35AsN8O/c1-22(2)28-21-38-41-30(18-29(40-31(28)41)34-19-23-7-4-3-5-8-23)35-20-24-9-6-10-25(17-24)32(42)39-27-13-11-26(12-14-27)33-36-15-16-37-33/h3-14,17-18,21-22,35-37H,15-16,19-20H2,1-2H3,(H,34,40)(H,39,42). The first-order valence-corrected chi connectivity index (χ1v) is 17.0. The third kappa shape index (κ3) is 6.49. The average molecular weight is 623 g/mol. The number of benzene rings is 3. The molecule has 0 aliphatic carbocycles. The summed E-state index contributed by atoms with van der Waals surface area (Å²) in [7, 11) is 0. The van der Waals surface area contributed by atoms with Gasteiger partial charge in [-0.25, -0.2) is 4.98 Å². The minimum Gasteiger partial charge on any atom is -0.366 e. The SMILES string of the molecule is CC(C)c1cnn2c(NCc3cccc(C(=O)Nc4ccc([As]5NCCN5)cc4)c3)cc(NCc3ccccc3)nc12. The molecule has 0 saturated carbocycles. The van der Waals surface area contributed by atoms with Gasteiger partial charge in [0.1, 0.15) is 5.82 Å². The molecule has 1 saturated heterocycles. The van der Waals surface area contributed by atoms with Crippen molar-refractivity contribution in [1.29, 1.82) is 0 Å². The van der Waals surface area contributed by atoms with Crippen LogP contribution < -0.4 is 28.8 Å². The zero-order valence-corrected chi connectivity index (χ0v) is 25.6. The molecule has 42 heavy (non-hydrogen) atoms. The van der Waals surface area contributed by atoms with Gasteiger partial charge in [0, 0.05) is 18.2 Å². The number of anilines is 3. The number of nitrogens with zero attached hydrogens (tertiary/aromatic N) is 3. The molecule has 3 aromatic carbocycles. The molecular formula is C32H35AsN8O. The number of rotatable bonds is 10. The minimum atomic E-state index is -1.34. The van der Waals surface area contributed by atoms with Crippen molar-refractivity contribution in [2.45, 2.75) is 32.9 Å². The maximum Gasteiger partial charge on any atom is 0.163 e. The monoisotopic (exact) mass is 622 g/mol. The fourth-order valence-corrected chi connectivity index (χ4v) is 8.22. The fraction of sp³-hybridized carbons (Fsp3) is 0.219. The fourth-order valence-electron chi connectivity index (χ4n) is 4.88. The Labute approximate surface area is 250 Å². The van der Waals surface area contributed by atoms with E-state index < -0.39 is 15.1 Å². The molecule has 2 aromatic heterocycles. The number of hydrogen-bond acceptors (Lipinski definition) is 7. The van der Waals surface area contributed by atoms with E-state index in [1.165, 1.54) is 9.91 Å². The molecular weight excluding hydrogens is 587 g/mol. The van der Waals surface area contributed by atoms with Crippen molar-refractivity contribution in [1.82, 2.24) is 23.1 Å². The maximum atomic E-state index is 13.1. The number of aromatic nitrogens is 3. The van der Waals surface area contributed by atoms with Crippen LogP contribution in [0.1, 0.15) is 46.8 Å². The van der Waals surface area contributed by atoms with Crippen LogP contribution in [0.2, 0.25) is 0 Å². The number of nitrogens with one attached hydrogen (secondary N) is 5. The van der Waals surface area contributed by atoms with Gasteiger partial charge < -0.3 is 5.32 Å². The third-order valence-corrected chi connectivity index (χ3v) is 11.1. The summed E-state index contributed by atoms with van der Waals surface area (Å²) >= 11 is -1.34. The van der Waals surface area contributed by atoms with Gasteiger partial charge in [-0.3, -0.25) is 0 Å². The van der Waals surface area contributed by atoms with E-state index in [0.717, 1.165) is 47.2 Å². The van der Waals surface area contributed by atoms with Crippen molar-refractivity contribution in [3.05, 3.63) is 113 Å². The van der Waals surface area contributed by atoms with Gasteiger partial charge in [-0.1, -0.05) is 44.2 Å². The van der Waals surface area contributed by atoms with Crippen LogP contribution in [-0.2, 0) is 13.1 Å². The van der Waals surface area contributed by atoms with Crippen molar-refractivity contribution in [3.63, 3.8) is 0 Å². The number of carbonyl (C=O) groups excluding carboxylic acids is 1. The first kappa shape index (κ1) is 28.0. The van der Waals surface area contributed by atoms with E-state index >= 15 is 0 Å². The molecule has 0 unspecified atom stereocenters. The molecule has 3 heterocycles. The van der Waals surface area contributed by atoms with E-state index in [4.69, 9.17) is 4.98 Å². The van der Waals surface area contributed by atoms with Gasteiger partial charge in [-0.05, 0) is 11.5 Å². The molecule has 1 amide bonds. The first-order chi connectivity index (χ1) is 20.5. The molecule has 0 atom stereocenters. The quantitative estimate of drug-likeness (QED) is 0.149. The molecule has 10 heteroatoms. The topological polar surface area (TPSA) is 107 Å². The van der Waals surface area contributed by atoms with E-state index in [0.29, 0.717) is 18.7 Å². The Kier molecular flexibility index (Phi) is 8.51. The maximum absolute atomic E-state index is 13.1. The van der Waals surface area contributed by atoms with Crippen LogP contribution in [0.25, 0.3) is 5.65 Å². The largest absolute Gasteiger partial charge is 0.366 e. The second-order valence-electron chi connectivity index (χ2n) is 10.6. The van der Waals surface area contributed by atoms with Gasteiger partial charge >= 0.3 is 140 Å². The molecule has 0 bridgehead atoms. The summed E-state index contributed by atoms with van der Waals surface area (Å²) in [4.78, 5) is 18.0. The second-order valence-corrected chi connectivity index (χ2v) is 14.4. The number of hydrogen-bond donors (Lipinski definition) is 5. The molecule has 0 radical (unpaired) electrons. The molecule has 1 aliphatic heterocycles. The minimum absolute atomic E-state index is 0.132. The van der Waals surface area contributed by atoms with Crippen LogP contribution in [0, 0.1) is 0 Å². The Morgan fingerprint density at radius 2 is 1.64 bits per heavy atom. The van der Waals surface area contributed by atoms with Crippen molar-refractivity contribution >= 4 is 48.3 Å². The average Bonchev–Trinajstić information content (AvgIpc) is 3.71. The normalized spacial score (nSPS) is 13.5. The molecule has 0 spiro atoms. The Morgan fingerprint density at radius 3 is 2.40 bits per heavy atom. The zero-order chi connectivity index (χ0) is 28.9. The second kappa shape index (κ2) is 12.8. The van der Waals surface area contributed by atoms with Crippen molar-refractivity contribution in [3.8, 4) is 0 Å². The van der Waals surface area contributed by atoms with Crippen LogP contribution >= 0.6 is 0 Å². The Bertz CT molecular complexity index is 1660. The summed E-state index contributed by atoms with van der Waals surface area (Å²) < 4.78 is 10.2. The van der Waals surface area contributed by atoms with Gasteiger partial charge in [0.2, 0.25) is 0 Å². The van der Waals surface area contributed by atoms with E-state index in [1.807, 2.05) is 71.4 Å². The summed E-state index contributed by atoms with van der Waals surface area (Å²) in [5, 5.41) is 14.7. The summed E-state index contributed by atoms with van der Waals surface area (Å²) in [6, 6.07) is 28.1. The molecule has 1 fully saturated rings. The van der Waals surface area contributed by atoms with Crippen LogP contribution in [0.5, 0.6) is 0 Å². The van der Waals surface area contributed by atoms with Gasteiger partial charge in [0.25, 0.3) is 0 Å². The van der Waals surface area contributed by atoms with E-state index in [-0.39, 0.29) is 11.8 Å². The molecule has 5 N–H and O–H groups in total. The number of amides is 1. The van der Waals surface area contributed by atoms with Crippen molar-refractivity contribution < 1.29 is 4.79 Å². The van der Waals surface area contributed by atoms with E-state index in [9.17, 15) is 4.79 Å². The molecule has 9 nitrogen and oxygen atoms in total. The smallest absolute Gasteiger partial charge is 0.163 e. The molecule has 214 valence electrons. The number of carbonyl (C=O) groups is 1. The van der Waals surface area contributed by atoms with Crippen LogP contribution in [0.3, 0.4) is 0 Å². The van der Waals surface area contributed by atoms with Crippen molar-refractivity contribution in [2.75, 3.05) is 29.0 Å².